The Morgan fingerprint density at radius 3 is 2.29 bits per heavy atom. The van der Waals surface area contributed by atoms with Crippen molar-refractivity contribution in [1.82, 2.24) is 4.90 Å². The molecule has 0 aliphatic rings. The quantitative estimate of drug-likeness (QED) is 0.840. The molecule has 0 saturated carbocycles. The molecular formula is C17H19NO3. The lowest BCUT2D eigenvalue weighted by Crippen LogP contribution is -2.29. The predicted octanol–water partition coefficient (Wildman–Crippen LogP) is 3.72. The number of rotatable bonds is 5. The van der Waals surface area contributed by atoms with Crippen LogP contribution in [0.15, 0.2) is 54.6 Å². The van der Waals surface area contributed by atoms with Crippen molar-refractivity contribution in [1.29, 1.82) is 0 Å². The third-order valence-corrected chi connectivity index (χ3v) is 2.91. The van der Waals surface area contributed by atoms with Crippen LogP contribution in [0.2, 0.25) is 0 Å². The summed E-state index contributed by atoms with van der Waals surface area (Å²) >= 11 is 0. The van der Waals surface area contributed by atoms with E-state index in [1.807, 2.05) is 49.4 Å². The van der Waals surface area contributed by atoms with Gasteiger partial charge < -0.3 is 14.4 Å². The molecule has 4 heteroatoms. The minimum Gasteiger partial charge on any atom is -0.494 e. The SMILES string of the molecule is CCOc1ccc(CN(C)C(=O)Oc2ccccc2)cc1. The van der Waals surface area contributed by atoms with Gasteiger partial charge in [-0.15, -0.1) is 0 Å². The number of amides is 1. The smallest absolute Gasteiger partial charge is 0.415 e. The van der Waals surface area contributed by atoms with Crippen LogP contribution in [0.5, 0.6) is 11.5 Å². The van der Waals surface area contributed by atoms with E-state index < -0.39 is 0 Å². The Balaban J connectivity index is 1.91. The summed E-state index contributed by atoms with van der Waals surface area (Å²) in [4.78, 5) is 13.5. The molecule has 0 fully saturated rings. The molecule has 110 valence electrons. The van der Waals surface area contributed by atoms with Gasteiger partial charge in [0.1, 0.15) is 11.5 Å². The Kier molecular flexibility index (Phi) is 5.21. The van der Waals surface area contributed by atoms with Gasteiger partial charge in [0.15, 0.2) is 0 Å². The molecule has 0 unspecified atom stereocenters. The van der Waals surface area contributed by atoms with Crippen LogP contribution in [-0.2, 0) is 6.54 Å². The molecule has 2 aromatic rings. The first kappa shape index (κ1) is 14.9. The summed E-state index contributed by atoms with van der Waals surface area (Å²) < 4.78 is 10.7. The molecule has 1 amide bonds. The highest BCUT2D eigenvalue weighted by atomic mass is 16.6. The van der Waals surface area contributed by atoms with Gasteiger partial charge in [0.05, 0.1) is 6.61 Å². The molecule has 0 spiro atoms. The molecule has 2 aromatic carbocycles. The summed E-state index contributed by atoms with van der Waals surface area (Å²) in [5, 5.41) is 0. The summed E-state index contributed by atoms with van der Waals surface area (Å²) in [6.45, 7) is 3.07. The second-order valence-electron chi connectivity index (χ2n) is 4.61. The molecule has 4 nitrogen and oxygen atoms in total. The maximum Gasteiger partial charge on any atom is 0.415 e. The van der Waals surface area contributed by atoms with Gasteiger partial charge in [-0.05, 0) is 36.8 Å². The van der Waals surface area contributed by atoms with Gasteiger partial charge >= 0.3 is 6.09 Å². The maximum atomic E-state index is 12.0. The topological polar surface area (TPSA) is 38.8 Å². The number of para-hydroxylation sites is 1. The van der Waals surface area contributed by atoms with Crippen LogP contribution in [0.1, 0.15) is 12.5 Å². The van der Waals surface area contributed by atoms with Crippen molar-refractivity contribution in [2.24, 2.45) is 0 Å². The van der Waals surface area contributed by atoms with Crippen molar-refractivity contribution >= 4 is 6.09 Å². The number of benzene rings is 2. The second-order valence-corrected chi connectivity index (χ2v) is 4.61. The summed E-state index contributed by atoms with van der Waals surface area (Å²) in [6.07, 6.45) is -0.380. The van der Waals surface area contributed by atoms with Crippen LogP contribution >= 0.6 is 0 Å². The van der Waals surface area contributed by atoms with E-state index in [1.54, 1.807) is 19.2 Å². The van der Waals surface area contributed by atoms with E-state index >= 15 is 0 Å². The van der Waals surface area contributed by atoms with Crippen LogP contribution in [-0.4, -0.2) is 24.6 Å². The number of hydrogen-bond donors (Lipinski definition) is 0. The Bertz CT molecular complexity index is 566. The normalized spacial score (nSPS) is 10.0. The molecule has 0 bridgehead atoms. The van der Waals surface area contributed by atoms with Crippen molar-refractivity contribution in [2.45, 2.75) is 13.5 Å². The lowest BCUT2D eigenvalue weighted by Gasteiger charge is -2.17. The minimum absolute atomic E-state index is 0.380. The first-order valence-corrected chi connectivity index (χ1v) is 6.88. The summed E-state index contributed by atoms with van der Waals surface area (Å²) in [7, 11) is 1.71. The molecule has 0 heterocycles. The second kappa shape index (κ2) is 7.33. The van der Waals surface area contributed by atoms with Gasteiger partial charge in [-0.1, -0.05) is 30.3 Å². The van der Waals surface area contributed by atoms with Crippen LogP contribution in [0.4, 0.5) is 4.79 Å². The van der Waals surface area contributed by atoms with Crippen molar-refractivity contribution in [3.8, 4) is 11.5 Å². The molecule has 2 rings (SSSR count). The standard InChI is InChI=1S/C17H19NO3/c1-3-20-15-11-9-14(10-12-15)13-18(2)17(19)21-16-7-5-4-6-8-16/h4-12H,3,13H2,1-2H3. The van der Waals surface area contributed by atoms with Crippen LogP contribution in [0.25, 0.3) is 0 Å². The van der Waals surface area contributed by atoms with E-state index in [4.69, 9.17) is 9.47 Å². The fraction of sp³-hybridized carbons (Fsp3) is 0.235. The van der Waals surface area contributed by atoms with Gasteiger partial charge in [-0.3, -0.25) is 0 Å². The van der Waals surface area contributed by atoms with Gasteiger partial charge in [-0.2, -0.15) is 0 Å². The zero-order chi connectivity index (χ0) is 15.1. The van der Waals surface area contributed by atoms with Gasteiger partial charge in [0.2, 0.25) is 0 Å². The molecule has 0 radical (unpaired) electrons. The first-order valence-electron chi connectivity index (χ1n) is 6.88. The van der Waals surface area contributed by atoms with E-state index in [2.05, 4.69) is 0 Å². The third kappa shape index (κ3) is 4.53. The number of hydrogen-bond acceptors (Lipinski definition) is 3. The fourth-order valence-corrected chi connectivity index (χ4v) is 1.86. The number of carbonyl (C=O) groups excluding carboxylic acids is 1. The molecule has 21 heavy (non-hydrogen) atoms. The predicted molar refractivity (Wildman–Crippen MR) is 81.5 cm³/mol. The lowest BCUT2D eigenvalue weighted by atomic mass is 10.2. The molecular weight excluding hydrogens is 266 g/mol. The molecule has 0 aliphatic carbocycles. The Morgan fingerprint density at radius 1 is 1.00 bits per heavy atom. The molecule has 0 atom stereocenters. The molecule has 0 N–H and O–H groups in total. The lowest BCUT2D eigenvalue weighted by molar-refractivity contribution is 0.161. The van der Waals surface area contributed by atoms with E-state index in [0.29, 0.717) is 18.9 Å². The monoisotopic (exact) mass is 285 g/mol. The minimum atomic E-state index is -0.380. The average Bonchev–Trinajstić information content (AvgIpc) is 2.50. The first-order chi connectivity index (χ1) is 10.2. The van der Waals surface area contributed by atoms with E-state index in [-0.39, 0.29) is 6.09 Å². The van der Waals surface area contributed by atoms with Crippen molar-refractivity contribution in [3.05, 3.63) is 60.2 Å². The molecule has 0 aromatic heterocycles. The van der Waals surface area contributed by atoms with Crippen molar-refractivity contribution in [3.63, 3.8) is 0 Å². The highest BCUT2D eigenvalue weighted by molar-refractivity contribution is 5.70. The number of nitrogens with zero attached hydrogens (tertiary/aromatic N) is 1. The average molecular weight is 285 g/mol. The number of carbonyl (C=O) groups is 1. The zero-order valence-corrected chi connectivity index (χ0v) is 12.3. The van der Waals surface area contributed by atoms with Crippen molar-refractivity contribution in [2.75, 3.05) is 13.7 Å². The number of ether oxygens (including phenoxy) is 2. The van der Waals surface area contributed by atoms with Crippen LogP contribution < -0.4 is 9.47 Å². The summed E-state index contributed by atoms with van der Waals surface area (Å²) in [5.74, 6) is 1.37. The Morgan fingerprint density at radius 2 is 1.67 bits per heavy atom. The maximum absolute atomic E-state index is 12.0. The van der Waals surface area contributed by atoms with E-state index in [0.717, 1.165) is 11.3 Å². The van der Waals surface area contributed by atoms with Crippen LogP contribution in [0.3, 0.4) is 0 Å². The van der Waals surface area contributed by atoms with Crippen LogP contribution in [0, 0.1) is 0 Å². The van der Waals surface area contributed by atoms with Gasteiger partial charge in [0, 0.05) is 13.6 Å². The Labute approximate surface area is 124 Å². The molecule has 0 saturated heterocycles. The summed E-state index contributed by atoms with van der Waals surface area (Å²) in [6, 6.07) is 16.7. The largest absolute Gasteiger partial charge is 0.494 e. The third-order valence-electron chi connectivity index (χ3n) is 2.91. The highest BCUT2D eigenvalue weighted by Crippen LogP contribution is 2.14. The highest BCUT2D eigenvalue weighted by Gasteiger charge is 2.11. The van der Waals surface area contributed by atoms with Gasteiger partial charge in [-0.25, -0.2) is 4.79 Å². The van der Waals surface area contributed by atoms with E-state index in [1.165, 1.54) is 4.90 Å². The molecule has 0 aliphatic heterocycles. The zero-order valence-electron chi connectivity index (χ0n) is 12.3. The Hall–Kier alpha value is -2.49. The fourth-order valence-electron chi connectivity index (χ4n) is 1.86. The van der Waals surface area contributed by atoms with E-state index in [9.17, 15) is 4.79 Å². The summed E-state index contributed by atoms with van der Waals surface area (Å²) in [5.41, 5.74) is 1.02. The van der Waals surface area contributed by atoms with Crippen molar-refractivity contribution < 1.29 is 14.3 Å². The van der Waals surface area contributed by atoms with Gasteiger partial charge in [0.25, 0.3) is 0 Å².